The minimum Gasteiger partial charge on any atom is -1.00 e. The molecule has 0 fully saturated rings. The van der Waals surface area contributed by atoms with Crippen LogP contribution in [0.2, 0.25) is 0 Å². The van der Waals surface area contributed by atoms with Crippen molar-refractivity contribution in [1.82, 2.24) is 0 Å². The number of hydrogen-bond acceptors (Lipinski definition) is 1. The summed E-state index contributed by atoms with van der Waals surface area (Å²) in [5.41, 5.74) is 1.36. The first-order chi connectivity index (χ1) is 11.3. The van der Waals surface area contributed by atoms with Gasteiger partial charge in [0.2, 0.25) is 0 Å². The van der Waals surface area contributed by atoms with Crippen LogP contribution in [0.1, 0.15) is 13.8 Å². The molecule has 0 aliphatic heterocycles. The van der Waals surface area contributed by atoms with Crippen molar-refractivity contribution >= 4 is 27.2 Å². The molecule has 0 N–H and O–H groups in total. The van der Waals surface area contributed by atoms with Crippen molar-refractivity contribution in [1.29, 1.82) is 0 Å². The number of nitrogens with zero attached hydrogens (tertiary/aromatic N) is 1. The van der Waals surface area contributed by atoms with E-state index in [9.17, 15) is 0 Å². The third-order valence-electron chi connectivity index (χ3n) is 4.28. The van der Waals surface area contributed by atoms with Gasteiger partial charge in [-0.15, -0.1) is 34.4 Å². The van der Waals surface area contributed by atoms with Gasteiger partial charge >= 0.3 is 26.2 Å². The fourth-order valence-corrected chi connectivity index (χ4v) is 3.14. The van der Waals surface area contributed by atoms with Crippen molar-refractivity contribution < 1.29 is 51.0 Å². The average Bonchev–Trinajstić information content (AvgIpc) is 3.27. The van der Waals surface area contributed by atoms with Gasteiger partial charge in [0, 0.05) is 18.8 Å². The van der Waals surface area contributed by atoms with E-state index >= 15 is 0 Å². The average molecular weight is 464 g/mol. The molecule has 0 unspecified atom stereocenters. The normalized spacial score (nSPS) is 9.31. The van der Waals surface area contributed by atoms with Crippen molar-refractivity contribution in [2.45, 2.75) is 13.8 Å². The zero-order valence-electron chi connectivity index (χ0n) is 15.1. The Kier molecular flexibility index (Phi) is 11.8. The second-order valence-electron chi connectivity index (χ2n) is 5.61. The van der Waals surface area contributed by atoms with E-state index in [1.54, 1.807) is 0 Å². The van der Waals surface area contributed by atoms with Crippen LogP contribution in [-0.4, -0.2) is 13.1 Å². The fraction of sp³-hybridized carbons (Fsp3) is 0.182. The third kappa shape index (κ3) is 5.46. The first kappa shape index (κ1) is 24.9. The van der Waals surface area contributed by atoms with E-state index in [4.69, 9.17) is 0 Å². The van der Waals surface area contributed by atoms with Gasteiger partial charge < -0.3 is 29.7 Å². The van der Waals surface area contributed by atoms with Crippen LogP contribution in [0.4, 0.5) is 5.69 Å². The summed E-state index contributed by atoms with van der Waals surface area (Å²) in [7, 11) is 0. The molecule has 0 radical (unpaired) electrons. The Hall–Kier alpha value is -1.08. The molecular formula is C22H23Cl2NZr. The van der Waals surface area contributed by atoms with Gasteiger partial charge in [0.05, 0.1) is 0 Å². The molecule has 4 heteroatoms. The van der Waals surface area contributed by atoms with E-state index in [1.165, 1.54) is 27.2 Å². The number of halogens is 2. The molecule has 0 aliphatic rings. The smallest absolute Gasteiger partial charge is 1.00 e. The van der Waals surface area contributed by atoms with Gasteiger partial charge in [-0.1, -0.05) is 35.7 Å². The van der Waals surface area contributed by atoms with Crippen LogP contribution in [0.15, 0.2) is 78.9 Å². The largest absolute Gasteiger partial charge is 4.00 e. The first-order valence-electron chi connectivity index (χ1n) is 8.34. The van der Waals surface area contributed by atoms with Crippen LogP contribution in [0, 0.1) is 0 Å². The molecular weight excluding hydrogens is 440 g/mol. The maximum atomic E-state index is 2.43. The Morgan fingerprint density at radius 3 is 1.96 bits per heavy atom. The Morgan fingerprint density at radius 2 is 1.38 bits per heavy atom. The quantitative estimate of drug-likeness (QED) is 0.386. The summed E-state index contributed by atoms with van der Waals surface area (Å²) in [5.74, 6) is 0. The topological polar surface area (TPSA) is 3.24 Å². The van der Waals surface area contributed by atoms with E-state index in [2.05, 4.69) is 67.3 Å². The van der Waals surface area contributed by atoms with Crippen molar-refractivity contribution in [2.24, 2.45) is 0 Å². The molecule has 4 aromatic rings. The predicted molar refractivity (Wildman–Crippen MR) is 103 cm³/mol. The zero-order chi connectivity index (χ0) is 16.1. The Balaban J connectivity index is 0.000000685. The minimum absolute atomic E-state index is 0. The SMILES string of the molecule is CCN(CC)c1cccc2[cH-]c3ccccc3c12.[Cl-].[Cl-].[Zr+4].c1cc[cH-]c1. The van der Waals surface area contributed by atoms with Crippen molar-refractivity contribution in [3.05, 3.63) is 78.9 Å². The maximum absolute atomic E-state index is 2.43. The molecule has 134 valence electrons. The van der Waals surface area contributed by atoms with Gasteiger partial charge in [0.15, 0.2) is 0 Å². The van der Waals surface area contributed by atoms with Crippen molar-refractivity contribution in [3.8, 4) is 0 Å². The summed E-state index contributed by atoms with van der Waals surface area (Å²) >= 11 is 0. The number of fused-ring (bicyclic) bond motifs is 3. The summed E-state index contributed by atoms with van der Waals surface area (Å²) in [6.07, 6.45) is 0. The van der Waals surface area contributed by atoms with E-state index in [1.807, 2.05) is 30.3 Å². The molecule has 0 bridgehead atoms. The van der Waals surface area contributed by atoms with Gasteiger partial charge in [0.25, 0.3) is 0 Å². The van der Waals surface area contributed by atoms with Crippen molar-refractivity contribution in [2.75, 3.05) is 18.0 Å². The number of rotatable bonds is 3. The van der Waals surface area contributed by atoms with Gasteiger partial charge in [-0.05, 0) is 13.8 Å². The molecule has 4 rings (SSSR count). The summed E-state index contributed by atoms with van der Waals surface area (Å²) < 4.78 is 0. The van der Waals surface area contributed by atoms with Gasteiger partial charge in [0.1, 0.15) is 0 Å². The number of anilines is 1. The summed E-state index contributed by atoms with van der Waals surface area (Å²) in [4.78, 5) is 2.43. The van der Waals surface area contributed by atoms with E-state index < -0.39 is 0 Å². The van der Waals surface area contributed by atoms with Gasteiger partial charge in [-0.2, -0.15) is 18.2 Å². The maximum Gasteiger partial charge on any atom is 4.00 e. The summed E-state index contributed by atoms with van der Waals surface area (Å²) in [5, 5.41) is 5.46. The van der Waals surface area contributed by atoms with Crippen LogP contribution in [0.5, 0.6) is 0 Å². The van der Waals surface area contributed by atoms with E-state index in [0.717, 1.165) is 13.1 Å². The molecule has 0 aromatic heterocycles. The second-order valence-corrected chi connectivity index (χ2v) is 5.61. The second kappa shape index (κ2) is 12.3. The molecule has 4 aromatic carbocycles. The molecule has 0 amide bonds. The van der Waals surface area contributed by atoms with E-state index in [0.29, 0.717) is 0 Å². The molecule has 0 heterocycles. The molecule has 0 saturated carbocycles. The zero-order valence-corrected chi connectivity index (χ0v) is 19.1. The molecule has 0 aliphatic carbocycles. The summed E-state index contributed by atoms with van der Waals surface area (Å²) in [6, 6.07) is 27.6. The van der Waals surface area contributed by atoms with Gasteiger partial charge in [-0.25, -0.2) is 12.1 Å². The molecule has 26 heavy (non-hydrogen) atoms. The fourth-order valence-electron chi connectivity index (χ4n) is 3.14. The standard InChI is InChI=1S/C17H18N.C5H5.2ClH.Zr/c1-3-18(4-2)16-11-7-9-14-12-13-8-5-6-10-15(13)17(14)16;1-2-4-5-3-1;;;/h5-12H,3-4H2,1-2H3;1-5H;2*1H;/q2*-1;;;+4/p-2. The van der Waals surface area contributed by atoms with Gasteiger partial charge in [-0.3, -0.25) is 0 Å². The van der Waals surface area contributed by atoms with E-state index in [-0.39, 0.29) is 51.0 Å². The predicted octanol–water partition coefficient (Wildman–Crippen LogP) is -0.0309. The van der Waals surface area contributed by atoms with Crippen LogP contribution in [0.25, 0.3) is 21.5 Å². The monoisotopic (exact) mass is 461 g/mol. The minimum atomic E-state index is 0. The Morgan fingerprint density at radius 1 is 0.769 bits per heavy atom. The first-order valence-corrected chi connectivity index (χ1v) is 8.34. The van der Waals surface area contributed by atoms with Crippen molar-refractivity contribution in [3.63, 3.8) is 0 Å². The Labute approximate surface area is 188 Å². The molecule has 0 saturated heterocycles. The number of benzene rings is 2. The molecule has 1 nitrogen and oxygen atoms in total. The third-order valence-corrected chi connectivity index (χ3v) is 4.28. The molecule has 0 atom stereocenters. The van der Waals surface area contributed by atoms with Crippen LogP contribution < -0.4 is 29.7 Å². The van der Waals surface area contributed by atoms with Crippen LogP contribution in [-0.2, 0) is 26.2 Å². The number of hydrogen-bond donors (Lipinski definition) is 0. The Bertz CT molecular complexity index is 847. The van der Waals surface area contributed by atoms with Crippen LogP contribution >= 0.6 is 0 Å². The molecule has 0 spiro atoms. The summed E-state index contributed by atoms with van der Waals surface area (Å²) in [6.45, 7) is 6.53. The van der Waals surface area contributed by atoms with Crippen LogP contribution in [0.3, 0.4) is 0 Å².